The number of aryl methyl sites for hydroxylation is 1. The number of hydrogen-bond acceptors (Lipinski definition) is 3. The van der Waals surface area contributed by atoms with Crippen molar-refractivity contribution < 1.29 is 4.42 Å². The van der Waals surface area contributed by atoms with E-state index in [0.29, 0.717) is 11.8 Å². The summed E-state index contributed by atoms with van der Waals surface area (Å²) in [5.41, 5.74) is 0. The second kappa shape index (κ2) is 5.78. The number of hydrogen-bond donors (Lipinski definition) is 0. The largest absolute Gasteiger partial charge is 0.426 e. The normalized spacial score (nSPS) is 13.1. The topological polar surface area (TPSA) is 38.9 Å². The Morgan fingerprint density at radius 2 is 2.07 bits per heavy atom. The highest BCUT2D eigenvalue weighted by Crippen LogP contribution is 2.14. The van der Waals surface area contributed by atoms with E-state index in [-0.39, 0.29) is 0 Å². The fourth-order valence-corrected chi connectivity index (χ4v) is 1.56. The van der Waals surface area contributed by atoms with Gasteiger partial charge in [0, 0.05) is 13.3 Å². The molecule has 0 radical (unpaired) electrons. The first-order chi connectivity index (χ1) is 6.72. The lowest BCUT2D eigenvalue weighted by atomic mass is 10.0. The molecule has 0 aromatic carbocycles. The predicted octanol–water partition coefficient (Wildman–Crippen LogP) is 3.14. The van der Waals surface area contributed by atoms with Gasteiger partial charge in [-0.25, -0.2) is 0 Å². The molecule has 1 rings (SSSR count). The Kier molecular flexibility index (Phi) is 4.63. The molecule has 3 nitrogen and oxygen atoms in total. The smallest absolute Gasteiger partial charge is 0.216 e. The van der Waals surface area contributed by atoms with Crippen LogP contribution in [0, 0.1) is 12.8 Å². The molecule has 1 aromatic heterocycles. The molecule has 0 aliphatic rings. The average molecular weight is 196 g/mol. The van der Waals surface area contributed by atoms with Gasteiger partial charge in [0.2, 0.25) is 11.8 Å². The molecule has 0 spiro atoms. The van der Waals surface area contributed by atoms with Gasteiger partial charge in [-0.1, -0.05) is 39.5 Å². The fourth-order valence-electron chi connectivity index (χ4n) is 1.56. The van der Waals surface area contributed by atoms with E-state index in [9.17, 15) is 0 Å². The number of rotatable bonds is 6. The Bertz CT molecular complexity index is 258. The zero-order valence-corrected chi connectivity index (χ0v) is 9.42. The van der Waals surface area contributed by atoms with Crippen LogP contribution in [-0.4, -0.2) is 10.2 Å². The van der Waals surface area contributed by atoms with Gasteiger partial charge in [0.05, 0.1) is 0 Å². The maximum Gasteiger partial charge on any atom is 0.216 e. The van der Waals surface area contributed by atoms with Crippen molar-refractivity contribution in [3.63, 3.8) is 0 Å². The first-order valence-corrected chi connectivity index (χ1v) is 5.51. The zero-order valence-electron chi connectivity index (χ0n) is 9.42. The van der Waals surface area contributed by atoms with Crippen LogP contribution >= 0.6 is 0 Å². The van der Waals surface area contributed by atoms with Gasteiger partial charge in [0.15, 0.2) is 0 Å². The van der Waals surface area contributed by atoms with Crippen LogP contribution in [0.5, 0.6) is 0 Å². The van der Waals surface area contributed by atoms with Crippen LogP contribution in [0.1, 0.15) is 51.3 Å². The second-order valence-corrected chi connectivity index (χ2v) is 4.02. The minimum atomic E-state index is 0.654. The molecule has 3 heteroatoms. The molecule has 1 atom stereocenters. The van der Waals surface area contributed by atoms with Gasteiger partial charge in [-0.05, 0) is 5.92 Å². The van der Waals surface area contributed by atoms with Crippen molar-refractivity contribution in [2.24, 2.45) is 5.92 Å². The summed E-state index contributed by atoms with van der Waals surface area (Å²) in [5, 5.41) is 7.82. The summed E-state index contributed by atoms with van der Waals surface area (Å²) in [6.45, 7) is 6.31. The standard InChI is InChI=1S/C11H20N2O/c1-4-5-6-7-9(2)8-11-13-12-10(3)14-11/h9H,4-8H2,1-3H3. The summed E-state index contributed by atoms with van der Waals surface area (Å²) in [6, 6.07) is 0. The van der Waals surface area contributed by atoms with Crippen molar-refractivity contribution in [2.75, 3.05) is 0 Å². The van der Waals surface area contributed by atoms with Crippen molar-refractivity contribution in [1.82, 2.24) is 10.2 Å². The lowest BCUT2D eigenvalue weighted by Crippen LogP contribution is -2.00. The van der Waals surface area contributed by atoms with Gasteiger partial charge in [0.1, 0.15) is 0 Å². The van der Waals surface area contributed by atoms with Gasteiger partial charge in [-0.2, -0.15) is 0 Å². The fraction of sp³-hybridized carbons (Fsp3) is 0.818. The van der Waals surface area contributed by atoms with E-state index >= 15 is 0 Å². The zero-order chi connectivity index (χ0) is 10.4. The number of nitrogens with zero attached hydrogens (tertiary/aromatic N) is 2. The molecule has 1 unspecified atom stereocenters. The van der Waals surface area contributed by atoms with E-state index in [1.165, 1.54) is 25.7 Å². The summed E-state index contributed by atoms with van der Waals surface area (Å²) in [5.74, 6) is 2.11. The highest BCUT2D eigenvalue weighted by molar-refractivity contribution is 4.80. The first-order valence-electron chi connectivity index (χ1n) is 5.51. The molecular weight excluding hydrogens is 176 g/mol. The summed E-state index contributed by atoms with van der Waals surface area (Å²) < 4.78 is 5.34. The van der Waals surface area contributed by atoms with Crippen molar-refractivity contribution in [1.29, 1.82) is 0 Å². The molecule has 0 saturated heterocycles. The third kappa shape index (κ3) is 3.90. The minimum Gasteiger partial charge on any atom is -0.426 e. The Morgan fingerprint density at radius 3 is 2.64 bits per heavy atom. The third-order valence-corrected chi connectivity index (χ3v) is 2.39. The van der Waals surface area contributed by atoms with Crippen LogP contribution in [0.4, 0.5) is 0 Å². The quantitative estimate of drug-likeness (QED) is 0.656. The van der Waals surface area contributed by atoms with Gasteiger partial charge >= 0.3 is 0 Å². The Hall–Kier alpha value is -0.860. The number of unbranched alkanes of at least 4 members (excludes halogenated alkanes) is 2. The lowest BCUT2D eigenvalue weighted by molar-refractivity contribution is 0.406. The van der Waals surface area contributed by atoms with Crippen LogP contribution in [0.2, 0.25) is 0 Å². The molecule has 14 heavy (non-hydrogen) atoms. The van der Waals surface area contributed by atoms with Crippen molar-refractivity contribution in [3.05, 3.63) is 11.8 Å². The van der Waals surface area contributed by atoms with Gasteiger partial charge in [-0.15, -0.1) is 10.2 Å². The van der Waals surface area contributed by atoms with E-state index < -0.39 is 0 Å². The monoisotopic (exact) mass is 196 g/mol. The molecular formula is C11H20N2O. The highest BCUT2D eigenvalue weighted by atomic mass is 16.4. The highest BCUT2D eigenvalue weighted by Gasteiger charge is 2.08. The van der Waals surface area contributed by atoms with E-state index in [1.807, 2.05) is 6.92 Å². The third-order valence-electron chi connectivity index (χ3n) is 2.39. The van der Waals surface area contributed by atoms with E-state index in [1.54, 1.807) is 0 Å². The predicted molar refractivity (Wildman–Crippen MR) is 56.0 cm³/mol. The molecule has 1 heterocycles. The van der Waals surface area contributed by atoms with Crippen LogP contribution in [0.3, 0.4) is 0 Å². The Morgan fingerprint density at radius 1 is 1.29 bits per heavy atom. The second-order valence-electron chi connectivity index (χ2n) is 4.02. The maximum atomic E-state index is 5.34. The summed E-state index contributed by atoms with van der Waals surface area (Å²) >= 11 is 0. The molecule has 1 aromatic rings. The summed E-state index contributed by atoms with van der Waals surface area (Å²) in [4.78, 5) is 0. The molecule has 0 fully saturated rings. The van der Waals surface area contributed by atoms with E-state index in [2.05, 4.69) is 24.0 Å². The van der Waals surface area contributed by atoms with Crippen LogP contribution < -0.4 is 0 Å². The Balaban J connectivity index is 2.23. The maximum absolute atomic E-state index is 5.34. The van der Waals surface area contributed by atoms with Gasteiger partial charge in [-0.3, -0.25) is 0 Å². The van der Waals surface area contributed by atoms with Crippen molar-refractivity contribution in [2.45, 2.75) is 52.9 Å². The molecule has 80 valence electrons. The van der Waals surface area contributed by atoms with Gasteiger partial charge < -0.3 is 4.42 Å². The Labute approximate surface area is 85.9 Å². The molecule has 0 N–H and O–H groups in total. The molecule has 0 aliphatic carbocycles. The summed E-state index contributed by atoms with van der Waals surface area (Å²) in [6.07, 6.45) is 6.10. The van der Waals surface area contributed by atoms with Crippen molar-refractivity contribution >= 4 is 0 Å². The van der Waals surface area contributed by atoms with Crippen molar-refractivity contribution in [3.8, 4) is 0 Å². The van der Waals surface area contributed by atoms with Crippen LogP contribution in [0.25, 0.3) is 0 Å². The van der Waals surface area contributed by atoms with E-state index in [0.717, 1.165) is 12.3 Å². The molecule has 0 saturated carbocycles. The molecule has 0 amide bonds. The van der Waals surface area contributed by atoms with Crippen LogP contribution in [-0.2, 0) is 6.42 Å². The first kappa shape index (κ1) is 11.2. The van der Waals surface area contributed by atoms with Gasteiger partial charge in [0.25, 0.3) is 0 Å². The minimum absolute atomic E-state index is 0.654. The average Bonchev–Trinajstić information content (AvgIpc) is 2.52. The van der Waals surface area contributed by atoms with Crippen LogP contribution in [0.15, 0.2) is 4.42 Å². The lowest BCUT2D eigenvalue weighted by Gasteiger charge is -2.07. The summed E-state index contributed by atoms with van der Waals surface area (Å²) in [7, 11) is 0. The van der Waals surface area contributed by atoms with E-state index in [4.69, 9.17) is 4.42 Å². The molecule has 0 bridgehead atoms. The molecule has 0 aliphatic heterocycles. The number of aromatic nitrogens is 2. The SMILES string of the molecule is CCCCCC(C)Cc1nnc(C)o1.